The number of benzene rings is 2. The van der Waals surface area contributed by atoms with Crippen LogP contribution in [0.4, 0.5) is 8.78 Å². The summed E-state index contributed by atoms with van der Waals surface area (Å²) in [4.78, 5) is 0. The van der Waals surface area contributed by atoms with Gasteiger partial charge in [-0.1, -0.05) is 36.4 Å². The number of rotatable bonds is 2. The van der Waals surface area contributed by atoms with Crippen molar-refractivity contribution in [3.8, 4) is 0 Å². The molecule has 98 valence electrons. The molecule has 1 aliphatic rings. The molecule has 2 N–H and O–H groups in total. The van der Waals surface area contributed by atoms with Gasteiger partial charge in [-0.25, -0.2) is 8.78 Å². The quantitative estimate of drug-likeness (QED) is 0.876. The second-order valence-electron chi connectivity index (χ2n) is 5.13. The smallest absolute Gasteiger partial charge is 0.163 e. The Balaban J connectivity index is 1.95. The van der Waals surface area contributed by atoms with Crippen LogP contribution in [0.2, 0.25) is 0 Å². The fourth-order valence-corrected chi connectivity index (χ4v) is 2.75. The van der Waals surface area contributed by atoms with Gasteiger partial charge in [0, 0.05) is 17.5 Å². The Bertz CT molecular complexity index is 637. The number of aryl methyl sites for hydroxylation is 1. The lowest BCUT2D eigenvalue weighted by Crippen LogP contribution is -2.29. The summed E-state index contributed by atoms with van der Waals surface area (Å²) in [5.74, 6) is -1.52. The minimum absolute atomic E-state index is 0.0767. The van der Waals surface area contributed by atoms with Gasteiger partial charge in [-0.05, 0) is 30.0 Å². The Morgan fingerprint density at radius 2 is 1.84 bits per heavy atom. The molecule has 1 aliphatic carbocycles. The number of fused-ring (bicyclic) bond motifs is 1. The van der Waals surface area contributed by atoms with Gasteiger partial charge in [0.05, 0.1) is 0 Å². The Hall–Kier alpha value is -1.74. The second kappa shape index (κ2) is 4.42. The lowest BCUT2D eigenvalue weighted by atomic mass is 9.72. The number of nitrogens with two attached hydrogens (primary N) is 1. The maximum absolute atomic E-state index is 14.0. The normalized spacial score (nSPS) is 18.6. The SMILES string of the molecule is Cc1ccc(C(N)C2Cc3ccccc32)c(F)c1F. The number of halogens is 2. The maximum atomic E-state index is 14.0. The van der Waals surface area contributed by atoms with Crippen LogP contribution in [0.25, 0.3) is 0 Å². The van der Waals surface area contributed by atoms with E-state index in [2.05, 4.69) is 0 Å². The molecule has 1 nitrogen and oxygen atoms in total. The van der Waals surface area contributed by atoms with E-state index in [0.717, 1.165) is 12.0 Å². The molecule has 0 bridgehead atoms. The number of hydrogen-bond donors (Lipinski definition) is 1. The van der Waals surface area contributed by atoms with E-state index < -0.39 is 17.7 Å². The first-order chi connectivity index (χ1) is 9.09. The Morgan fingerprint density at radius 3 is 2.58 bits per heavy atom. The van der Waals surface area contributed by atoms with E-state index in [1.165, 1.54) is 5.56 Å². The van der Waals surface area contributed by atoms with Crippen molar-refractivity contribution in [1.29, 1.82) is 0 Å². The van der Waals surface area contributed by atoms with Gasteiger partial charge in [0.25, 0.3) is 0 Å². The molecule has 0 aromatic heterocycles. The third-order valence-corrected chi connectivity index (χ3v) is 3.99. The third-order valence-electron chi connectivity index (χ3n) is 3.99. The average molecular weight is 259 g/mol. The molecule has 0 spiro atoms. The van der Waals surface area contributed by atoms with Crippen molar-refractivity contribution < 1.29 is 8.78 Å². The van der Waals surface area contributed by atoms with E-state index in [0.29, 0.717) is 5.56 Å². The summed E-state index contributed by atoms with van der Waals surface area (Å²) in [7, 11) is 0. The van der Waals surface area contributed by atoms with E-state index >= 15 is 0 Å². The molecule has 0 heterocycles. The topological polar surface area (TPSA) is 26.0 Å². The highest BCUT2D eigenvalue weighted by Crippen LogP contribution is 2.42. The van der Waals surface area contributed by atoms with Crippen LogP contribution >= 0.6 is 0 Å². The molecule has 3 rings (SSSR count). The molecule has 0 amide bonds. The fraction of sp³-hybridized carbons (Fsp3) is 0.250. The third kappa shape index (κ3) is 1.85. The molecule has 0 radical (unpaired) electrons. The molecule has 0 fully saturated rings. The highest BCUT2D eigenvalue weighted by atomic mass is 19.2. The minimum atomic E-state index is -0.808. The average Bonchev–Trinajstić information content (AvgIpc) is 2.37. The monoisotopic (exact) mass is 259 g/mol. The molecule has 19 heavy (non-hydrogen) atoms. The van der Waals surface area contributed by atoms with Gasteiger partial charge < -0.3 is 5.73 Å². The summed E-state index contributed by atoms with van der Waals surface area (Å²) in [5, 5.41) is 0. The summed E-state index contributed by atoms with van der Waals surface area (Å²) in [6.45, 7) is 1.55. The lowest BCUT2D eigenvalue weighted by molar-refractivity contribution is 0.447. The molecular formula is C16H15F2N. The zero-order valence-electron chi connectivity index (χ0n) is 10.7. The highest BCUT2D eigenvalue weighted by Gasteiger charge is 2.33. The lowest BCUT2D eigenvalue weighted by Gasteiger charge is -2.35. The van der Waals surface area contributed by atoms with Gasteiger partial charge >= 0.3 is 0 Å². The Labute approximate surface area is 111 Å². The molecule has 0 aliphatic heterocycles. The van der Waals surface area contributed by atoms with Gasteiger partial charge in [0.2, 0.25) is 0 Å². The maximum Gasteiger partial charge on any atom is 0.163 e. The van der Waals surface area contributed by atoms with Gasteiger partial charge in [-0.3, -0.25) is 0 Å². The first-order valence-corrected chi connectivity index (χ1v) is 6.37. The van der Waals surface area contributed by atoms with Crippen LogP contribution in [0.15, 0.2) is 36.4 Å². The number of hydrogen-bond acceptors (Lipinski definition) is 1. The van der Waals surface area contributed by atoms with Crippen LogP contribution in [-0.2, 0) is 6.42 Å². The van der Waals surface area contributed by atoms with E-state index in [-0.39, 0.29) is 11.5 Å². The molecular weight excluding hydrogens is 244 g/mol. The predicted octanol–water partition coefficient (Wildman–Crippen LogP) is 3.61. The van der Waals surface area contributed by atoms with Crippen LogP contribution in [0.1, 0.15) is 34.2 Å². The van der Waals surface area contributed by atoms with Crippen molar-refractivity contribution in [3.05, 3.63) is 70.3 Å². The summed E-state index contributed by atoms with van der Waals surface area (Å²) in [6.07, 6.45) is 0.826. The van der Waals surface area contributed by atoms with Crippen LogP contribution < -0.4 is 5.73 Å². The van der Waals surface area contributed by atoms with Crippen LogP contribution in [-0.4, -0.2) is 0 Å². The highest BCUT2D eigenvalue weighted by molar-refractivity contribution is 5.43. The van der Waals surface area contributed by atoms with Crippen molar-refractivity contribution >= 4 is 0 Å². The zero-order valence-corrected chi connectivity index (χ0v) is 10.7. The van der Waals surface area contributed by atoms with E-state index in [1.807, 2.05) is 24.3 Å². The molecule has 3 heteroatoms. The summed E-state index contributed by atoms with van der Waals surface area (Å²) >= 11 is 0. The Kier molecular flexibility index (Phi) is 2.86. The van der Waals surface area contributed by atoms with Gasteiger partial charge in [0.1, 0.15) is 0 Å². The van der Waals surface area contributed by atoms with Crippen LogP contribution in [0.5, 0.6) is 0 Å². The Morgan fingerprint density at radius 1 is 1.11 bits per heavy atom. The van der Waals surface area contributed by atoms with Crippen molar-refractivity contribution in [3.63, 3.8) is 0 Å². The largest absolute Gasteiger partial charge is 0.323 e. The first-order valence-electron chi connectivity index (χ1n) is 6.37. The molecule has 2 aromatic carbocycles. The molecule has 0 saturated heterocycles. The van der Waals surface area contributed by atoms with Gasteiger partial charge in [0.15, 0.2) is 11.6 Å². The molecule has 2 unspecified atom stereocenters. The van der Waals surface area contributed by atoms with E-state index in [4.69, 9.17) is 5.73 Å². The van der Waals surface area contributed by atoms with Crippen molar-refractivity contribution in [1.82, 2.24) is 0 Å². The van der Waals surface area contributed by atoms with Crippen molar-refractivity contribution in [2.24, 2.45) is 5.73 Å². The van der Waals surface area contributed by atoms with E-state index in [1.54, 1.807) is 19.1 Å². The summed E-state index contributed by atoms with van der Waals surface area (Å²) in [6, 6.07) is 10.7. The molecule has 2 atom stereocenters. The molecule has 0 saturated carbocycles. The fourth-order valence-electron chi connectivity index (χ4n) is 2.75. The zero-order chi connectivity index (χ0) is 13.6. The van der Waals surface area contributed by atoms with Gasteiger partial charge in [-0.2, -0.15) is 0 Å². The van der Waals surface area contributed by atoms with E-state index in [9.17, 15) is 8.78 Å². The summed E-state index contributed by atoms with van der Waals surface area (Å²) in [5.41, 5.74) is 9.10. The van der Waals surface area contributed by atoms with Crippen LogP contribution in [0, 0.1) is 18.6 Å². The van der Waals surface area contributed by atoms with Crippen molar-refractivity contribution in [2.75, 3.05) is 0 Å². The summed E-state index contributed by atoms with van der Waals surface area (Å²) < 4.78 is 27.6. The second-order valence-corrected chi connectivity index (χ2v) is 5.13. The standard InChI is InChI=1S/C16H15F2N/c1-9-6-7-12(15(18)14(9)17)16(19)13-8-10-4-2-3-5-11(10)13/h2-7,13,16H,8,19H2,1H3. The van der Waals surface area contributed by atoms with Crippen LogP contribution in [0.3, 0.4) is 0 Å². The first kappa shape index (κ1) is 12.3. The van der Waals surface area contributed by atoms with Crippen molar-refractivity contribution in [2.45, 2.75) is 25.3 Å². The molecule has 2 aromatic rings. The predicted molar refractivity (Wildman–Crippen MR) is 70.9 cm³/mol. The minimum Gasteiger partial charge on any atom is -0.323 e. The van der Waals surface area contributed by atoms with Gasteiger partial charge in [-0.15, -0.1) is 0 Å².